The lowest BCUT2D eigenvalue weighted by Gasteiger charge is -2.14. The van der Waals surface area contributed by atoms with Crippen molar-refractivity contribution in [2.45, 2.75) is 117 Å². The fourth-order valence-electron chi connectivity index (χ4n) is 3.29. The highest BCUT2D eigenvalue weighted by Gasteiger charge is 2.08. The summed E-state index contributed by atoms with van der Waals surface area (Å²) in [6.07, 6.45) is 18.1. The van der Waals surface area contributed by atoms with Crippen molar-refractivity contribution in [3.05, 3.63) is 0 Å². The lowest BCUT2D eigenvalue weighted by atomic mass is 9.96. The van der Waals surface area contributed by atoms with Gasteiger partial charge in [-0.1, -0.05) is 104 Å². The van der Waals surface area contributed by atoms with Crippen LogP contribution in [-0.4, -0.2) is 22.9 Å². The van der Waals surface area contributed by atoms with E-state index in [-0.39, 0.29) is 6.61 Å². The van der Waals surface area contributed by atoms with Crippen LogP contribution in [0.1, 0.15) is 111 Å². The topological polar surface area (TPSA) is 40.5 Å². The highest BCUT2D eigenvalue weighted by molar-refractivity contribution is 4.60. The van der Waals surface area contributed by atoms with Gasteiger partial charge in [0.1, 0.15) is 0 Å². The van der Waals surface area contributed by atoms with Crippen molar-refractivity contribution >= 4 is 0 Å². The summed E-state index contributed by atoms with van der Waals surface area (Å²) >= 11 is 0. The number of unbranched alkanes of at least 4 members (excludes halogenated alkanes) is 10. The van der Waals surface area contributed by atoms with Gasteiger partial charge in [-0.25, -0.2) is 0 Å². The Bertz CT molecular complexity index is 228. The second kappa shape index (κ2) is 16.8. The van der Waals surface area contributed by atoms with Gasteiger partial charge in [0.25, 0.3) is 0 Å². The first-order valence-corrected chi connectivity index (χ1v) is 10.3. The Hall–Kier alpha value is -0.0800. The predicted molar refractivity (Wildman–Crippen MR) is 102 cm³/mol. The molecular formula is C21H44O2. The molecule has 2 atom stereocenters. The van der Waals surface area contributed by atoms with E-state index in [2.05, 4.69) is 20.8 Å². The van der Waals surface area contributed by atoms with Crippen LogP contribution in [0.4, 0.5) is 0 Å². The zero-order valence-corrected chi connectivity index (χ0v) is 16.2. The largest absolute Gasteiger partial charge is 0.394 e. The van der Waals surface area contributed by atoms with Crippen molar-refractivity contribution in [2.24, 2.45) is 11.8 Å². The molecule has 2 heteroatoms. The fraction of sp³-hybridized carbons (Fsp3) is 1.00. The lowest BCUT2D eigenvalue weighted by molar-refractivity contribution is 0.0747. The van der Waals surface area contributed by atoms with Gasteiger partial charge >= 0.3 is 0 Å². The molecule has 0 rings (SSSR count). The van der Waals surface area contributed by atoms with Gasteiger partial charge in [-0.05, 0) is 18.3 Å². The number of rotatable bonds is 17. The molecule has 0 aliphatic heterocycles. The van der Waals surface area contributed by atoms with Gasteiger partial charge in [0, 0.05) is 0 Å². The smallest absolute Gasteiger partial charge is 0.0773 e. The van der Waals surface area contributed by atoms with E-state index in [0.717, 1.165) is 12.3 Å². The van der Waals surface area contributed by atoms with Gasteiger partial charge in [0.2, 0.25) is 0 Å². The quantitative estimate of drug-likeness (QED) is 0.317. The molecule has 0 aromatic rings. The molecule has 0 saturated heterocycles. The average Bonchev–Trinajstić information content (AvgIpc) is 2.51. The van der Waals surface area contributed by atoms with Crippen molar-refractivity contribution in [1.82, 2.24) is 0 Å². The van der Waals surface area contributed by atoms with E-state index in [0.29, 0.717) is 5.92 Å². The second-order valence-corrected chi connectivity index (χ2v) is 8.04. The maximum Gasteiger partial charge on any atom is 0.0773 e. The van der Waals surface area contributed by atoms with Crippen LogP contribution in [0.2, 0.25) is 0 Å². The third-order valence-electron chi connectivity index (χ3n) is 4.86. The average molecular weight is 329 g/mol. The highest BCUT2D eigenvalue weighted by Crippen LogP contribution is 2.17. The molecule has 0 bridgehead atoms. The Kier molecular flexibility index (Phi) is 16.7. The van der Waals surface area contributed by atoms with Gasteiger partial charge in [-0.3, -0.25) is 0 Å². The second-order valence-electron chi connectivity index (χ2n) is 8.04. The number of hydrogen-bond donors (Lipinski definition) is 2. The highest BCUT2D eigenvalue weighted by atomic mass is 16.3. The minimum absolute atomic E-state index is 0.0952. The SMILES string of the molecule is CC(C)CCCCCCCCCCCCCC(C)CC(O)CO. The van der Waals surface area contributed by atoms with Gasteiger partial charge in [0.05, 0.1) is 12.7 Å². The van der Waals surface area contributed by atoms with Crippen LogP contribution in [0.5, 0.6) is 0 Å². The third kappa shape index (κ3) is 18.1. The minimum atomic E-state index is -0.518. The molecule has 0 aromatic carbocycles. The summed E-state index contributed by atoms with van der Waals surface area (Å²) in [5, 5.41) is 18.2. The van der Waals surface area contributed by atoms with Crippen molar-refractivity contribution in [3.8, 4) is 0 Å². The summed E-state index contributed by atoms with van der Waals surface area (Å²) in [4.78, 5) is 0. The van der Waals surface area contributed by atoms with E-state index in [1.165, 1.54) is 83.5 Å². The lowest BCUT2D eigenvalue weighted by Crippen LogP contribution is -2.15. The standard InChI is InChI=1S/C21H44O2/c1-19(2)15-13-11-9-7-5-4-6-8-10-12-14-16-20(3)17-21(23)18-22/h19-23H,4-18H2,1-3H3. The molecule has 0 fully saturated rings. The van der Waals surface area contributed by atoms with Gasteiger partial charge in [0.15, 0.2) is 0 Å². The molecule has 0 saturated carbocycles. The zero-order chi connectivity index (χ0) is 17.3. The molecule has 0 aliphatic carbocycles. The van der Waals surface area contributed by atoms with Crippen LogP contribution in [0, 0.1) is 11.8 Å². The van der Waals surface area contributed by atoms with Crippen LogP contribution in [-0.2, 0) is 0 Å². The molecule has 2 nitrogen and oxygen atoms in total. The first-order chi connectivity index (χ1) is 11.1. The summed E-state index contributed by atoms with van der Waals surface area (Å²) in [6.45, 7) is 6.72. The van der Waals surface area contributed by atoms with E-state index < -0.39 is 6.10 Å². The van der Waals surface area contributed by atoms with E-state index in [9.17, 15) is 5.11 Å². The summed E-state index contributed by atoms with van der Waals surface area (Å²) in [5.74, 6) is 1.41. The summed E-state index contributed by atoms with van der Waals surface area (Å²) in [5.41, 5.74) is 0. The van der Waals surface area contributed by atoms with E-state index in [1.54, 1.807) is 0 Å². The number of aliphatic hydroxyl groups excluding tert-OH is 2. The molecular weight excluding hydrogens is 284 g/mol. The minimum Gasteiger partial charge on any atom is -0.394 e. The van der Waals surface area contributed by atoms with Gasteiger partial charge in [-0.2, -0.15) is 0 Å². The molecule has 140 valence electrons. The number of aliphatic hydroxyl groups is 2. The fourth-order valence-corrected chi connectivity index (χ4v) is 3.29. The molecule has 23 heavy (non-hydrogen) atoms. The summed E-state index contributed by atoms with van der Waals surface area (Å²) in [7, 11) is 0. The van der Waals surface area contributed by atoms with E-state index in [4.69, 9.17) is 5.11 Å². The first kappa shape index (κ1) is 22.9. The Morgan fingerprint density at radius 1 is 0.609 bits per heavy atom. The van der Waals surface area contributed by atoms with Crippen LogP contribution < -0.4 is 0 Å². The summed E-state index contributed by atoms with van der Waals surface area (Å²) in [6, 6.07) is 0. The molecule has 0 radical (unpaired) electrons. The molecule has 2 unspecified atom stereocenters. The molecule has 0 aliphatic rings. The molecule has 0 amide bonds. The monoisotopic (exact) mass is 328 g/mol. The van der Waals surface area contributed by atoms with Crippen LogP contribution in [0.25, 0.3) is 0 Å². The van der Waals surface area contributed by atoms with Crippen LogP contribution >= 0.6 is 0 Å². The maximum absolute atomic E-state index is 9.39. The molecule has 2 N–H and O–H groups in total. The number of hydrogen-bond acceptors (Lipinski definition) is 2. The Morgan fingerprint density at radius 2 is 1.00 bits per heavy atom. The summed E-state index contributed by atoms with van der Waals surface area (Å²) < 4.78 is 0. The van der Waals surface area contributed by atoms with Crippen molar-refractivity contribution in [1.29, 1.82) is 0 Å². The van der Waals surface area contributed by atoms with E-state index in [1.807, 2.05) is 0 Å². The van der Waals surface area contributed by atoms with Crippen molar-refractivity contribution in [2.75, 3.05) is 6.61 Å². The molecule has 0 heterocycles. The zero-order valence-electron chi connectivity index (χ0n) is 16.2. The molecule has 0 aromatic heterocycles. The van der Waals surface area contributed by atoms with E-state index >= 15 is 0 Å². The Balaban J connectivity index is 3.13. The third-order valence-corrected chi connectivity index (χ3v) is 4.86. The Labute approximate surface area is 146 Å². The van der Waals surface area contributed by atoms with Crippen LogP contribution in [0.3, 0.4) is 0 Å². The Morgan fingerprint density at radius 3 is 1.39 bits per heavy atom. The normalized spacial score (nSPS) is 14.3. The van der Waals surface area contributed by atoms with Crippen LogP contribution in [0.15, 0.2) is 0 Å². The van der Waals surface area contributed by atoms with Crippen molar-refractivity contribution < 1.29 is 10.2 Å². The predicted octanol–water partition coefficient (Wildman–Crippen LogP) is 6.09. The van der Waals surface area contributed by atoms with Gasteiger partial charge in [-0.15, -0.1) is 0 Å². The van der Waals surface area contributed by atoms with Gasteiger partial charge < -0.3 is 10.2 Å². The first-order valence-electron chi connectivity index (χ1n) is 10.3. The maximum atomic E-state index is 9.39. The molecule has 0 spiro atoms. The van der Waals surface area contributed by atoms with Crippen molar-refractivity contribution in [3.63, 3.8) is 0 Å².